The van der Waals surface area contributed by atoms with Crippen LogP contribution >= 0.6 is 11.6 Å². The highest BCUT2D eigenvalue weighted by Gasteiger charge is 2.40. The van der Waals surface area contributed by atoms with E-state index in [1.807, 2.05) is 54.7 Å². The number of carbonyl (C=O) groups is 2. The van der Waals surface area contributed by atoms with Gasteiger partial charge in [-0.1, -0.05) is 41.9 Å². The summed E-state index contributed by atoms with van der Waals surface area (Å²) in [6, 6.07) is 23.0. The minimum absolute atomic E-state index is 0.0836. The molecule has 2 heterocycles. The molecule has 6 rings (SSSR count). The molecule has 39 heavy (non-hydrogen) atoms. The smallest absolute Gasteiger partial charge is 0.273 e. The van der Waals surface area contributed by atoms with Crippen molar-refractivity contribution >= 4 is 34.8 Å². The number of benzene rings is 3. The molecule has 1 saturated carbocycles. The first-order chi connectivity index (χ1) is 18.8. The minimum atomic E-state index is -0.491. The molecule has 0 N–H and O–H groups in total. The molecule has 0 bridgehead atoms. The number of aromatic nitrogens is 1. The van der Waals surface area contributed by atoms with Crippen molar-refractivity contribution in [2.75, 3.05) is 11.4 Å². The van der Waals surface area contributed by atoms with Crippen LogP contribution in [0.25, 0.3) is 5.69 Å². The summed E-state index contributed by atoms with van der Waals surface area (Å²) >= 11 is 6.18. The molecule has 9 heteroatoms. The Balaban J connectivity index is 1.39. The molecule has 1 aliphatic carbocycles. The number of amides is 2. The number of hydrogen-bond donors (Lipinski definition) is 0. The fraction of sp³-hybridized carbons (Fsp3) is 0.200. The maximum atomic E-state index is 14.2. The van der Waals surface area contributed by atoms with Crippen LogP contribution in [0.3, 0.4) is 0 Å². The molecule has 0 saturated heterocycles. The first-order valence-corrected chi connectivity index (χ1v) is 13.1. The monoisotopic (exact) mass is 540 g/mol. The highest BCUT2D eigenvalue weighted by Crippen LogP contribution is 2.43. The van der Waals surface area contributed by atoms with Gasteiger partial charge in [0.15, 0.2) is 0 Å². The second-order valence-corrected chi connectivity index (χ2v) is 10.4. The van der Waals surface area contributed by atoms with Gasteiger partial charge in [0.05, 0.1) is 22.0 Å². The SMILES string of the molecule is Cc1ccc(C(=O)N(CC(=O)N2c3ccccc3-n3cccc3C2c2ccc(Cl)cc2)C2CC2)cc1[N+](=O)[O-]. The van der Waals surface area contributed by atoms with E-state index in [4.69, 9.17) is 11.6 Å². The number of aryl methyl sites for hydroxylation is 1. The molecular formula is C30H25ClN4O4. The zero-order valence-corrected chi connectivity index (χ0v) is 21.9. The van der Waals surface area contributed by atoms with Gasteiger partial charge in [0.25, 0.3) is 11.6 Å². The topological polar surface area (TPSA) is 88.7 Å². The highest BCUT2D eigenvalue weighted by atomic mass is 35.5. The number of para-hydroxylation sites is 2. The Bertz CT molecular complexity index is 1610. The lowest BCUT2D eigenvalue weighted by Crippen LogP contribution is -2.47. The van der Waals surface area contributed by atoms with E-state index in [2.05, 4.69) is 4.57 Å². The van der Waals surface area contributed by atoms with Crippen LogP contribution in [0.4, 0.5) is 11.4 Å². The number of rotatable bonds is 6. The maximum Gasteiger partial charge on any atom is 0.273 e. The lowest BCUT2D eigenvalue weighted by molar-refractivity contribution is -0.385. The van der Waals surface area contributed by atoms with Crippen molar-refractivity contribution in [3.63, 3.8) is 0 Å². The number of nitro groups is 1. The molecule has 2 aliphatic rings. The standard InChI is InChI=1S/C30H25ClN4O4/c1-19-8-9-21(17-27(19)35(38)39)30(37)33(23-14-15-23)18-28(36)34-25-6-3-2-5-24(25)32-16-4-7-26(32)29(34)20-10-12-22(31)13-11-20/h2-13,16-17,23,29H,14-15,18H2,1H3. The maximum absolute atomic E-state index is 14.2. The van der Waals surface area contributed by atoms with Gasteiger partial charge in [-0.15, -0.1) is 0 Å². The third-order valence-corrected chi connectivity index (χ3v) is 7.63. The van der Waals surface area contributed by atoms with Crippen molar-refractivity contribution < 1.29 is 14.5 Å². The second kappa shape index (κ2) is 9.71. The molecule has 0 radical (unpaired) electrons. The zero-order valence-electron chi connectivity index (χ0n) is 21.2. The van der Waals surface area contributed by atoms with Gasteiger partial charge in [-0.05, 0) is 67.8 Å². The van der Waals surface area contributed by atoms with Gasteiger partial charge in [-0.3, -0.25) is 24.6 Å². The number of fused-ring (bicyclic) bond motifs is 3. The van der Waals surface area contributed by atoms with E-state index in [1.165, 1.54) is 6.07 Å². The number of nitro benzene ring substituents is 1. The molecule has 1 atom stereocenters. The summed E-state index contributed by atoms with van der Waals surface area (Å²) in [5, 5.41) is 12.1. The Morgan fingerprint density at radius 2 is 1.72 bits per heavy atom. The number of anilines is 1. The molecule has 4 aromatic rings. The number of hydrogen-bond acceptors (Lipinski definition) is 4. The zero-order chi connectivity index (χ0) is 27.3. The average Bonchev–Trinajstić information content (AvgIpc) is 3.66. The Labute approximate surface area is 230 Å². The van der Waals surface area contributed by atoms with Crippen molar-refractivity contribution in [2.45, 2.75) is 31.8 Å². The van der Waals surface area contributed by atoms with Crippen LogP contribution in [0.1, 0.15) is 46.1 Å². The molecule has 8 nitrogen and oxygen atoms in total. The molecule has 196 valence electrons. The van der Waals surface area contributed by atoms with Crippen molar-refractivity contribution in [3.8, 4) is 5.69 Å². The minimum Gasteiger partial charge on any atom is -0.326 e. The van der Waals surface area contributed by atoms with Gasteiger partial charge in [-0.25, -0.2) is 0 Å². The van der Waals surface area contributed by atoms with E-state index < -0.39 is 11.0 Å². The Kier molecular flexibility index (Phi) is 6.19. The lowest BCUT2D eigenvalue weighted by atomic mass is 9.97. The van der Waals surface area contributed by atoms with Crippen molar-refractivity contribution in [1.29, 1.82) is 0 Å². The summed E-state index contributed by atoms with van der Waals surface area (Å²) in [5.41, 5.74) is 3.98. The number of halogens is 1. The normalized spacial score (nSPS) is 15.8. The van der Waals surface area contributed by atoms with E-state index in [9.17, 15) is 19.7 Å². The summed E-state index contributed by atoms with van der Waals surface area (Å²) < 4.78 is 2.08. The molecule has 0 spiro atoms. The number of carbonyl (C=O) groups excluding carboxylic acids is 2. The first kappa shape index (κ1) is 24.9. The molecule has 3 aromatic carbocycles. The summed E-state index contributed by atoms with van der Waals surface area (Å²) in [6.07, 6.45) is 3.54. The number of nitrogens with zero attached hydrogens (tertiary/aromatic N) is 4. The molecule has 1 aromatic heterocycles. The van der Waals surface area contributed by atoms with Crippen LogP contribution in [0, 0.1) is 17.0 Å². The largest absolute Gasteiger partial charge is 0.326 e. The highest BCUT2D eigenvalue weighted by molar-refractivity contribution is 6.30. The van der Waals surface area contributed by atoms with Crippen molar-refractivity contribution in [3.05, 3.63) is 123 Å². The third-order valence-electron chi connectivity index (χ3n) is 7.38. The van der Waals surface area contributed by atoms with Crippen molar-refractivity contribution in [2.24, 2.45) is 0 Å². The molecular weight excluding hydrogens is 516 g/mol. The molecule has 1 fully saturated rings. The van der Waals surface area contributed by atoms with Gasteiger partial charge in [0.2, 0.25) is 5.91 Å². The summed E-state index contributed by atoms with van der Waals surface area (Å²) in [6.45, 7) is 1.49. The van der Waals surface area contributed by atoms with E-state index in [1.54, 1.807) is 41.0 Å². The van der Waals surface area contributed by atoms with E-state index in [-0.39, 0.29) is 35.7 Å². The first-order valence-electron chi connectivity index (χ1n) is 12.7. The van der Waals surface area contributed by atoms with Crippen LogP contribution in [-0.4, -0.2) is 38.8 Å². The van der Waals surface area contributed by atoms with E-state index in [0.717, 1.165) is 35.5 Å². The van der Waals surface area contributed by atoms with Crippen LogP contribution in [0.5, 0.6) is 0 Å². The van der Waals surface area contributed by atoms with Gasteiger partial charge in [-0.2, -0.15) is 0 Å². The fourth-order valence-electron chi connectivity index (χ4n) is 5.30. The average molecular weight is 541 g/mol. The van der Waals surface area contributed by atoms with Crippen LogP contribution in [0.15, 0.2) is 85.1 Å². The summed E-state index contributed by atoms with van der Waals surface area (Å²) in [7, 11) is 0. The van der Waals surface area contributed by atoms with E-state index in [0.29, 0.717) is 10.6 Å². The van der Waals surface area contributed by atoms with Gasteiger partial charge in [0.1, 0.15) is 12.6 Å². The molecule has 1 aliphatic heterocycles. The fourth-order valence-corrected chi connectivity index (χ4v) is 5.43. The van der Waals surface area contributed by atoms with Crippen LogP contribution < -0.4 is 4.90 Å². The third kappa shape index (κ3) is 4.46. The summed E-state index contributed by atoms with van der Waals surface area (Å²) in [5.74, 6) is -0.623. The van der Waals surface area contributed by atoms with Gasteiger partial charge in [0, 0.05) is 34.5 Å². The van der Waals surface area contributed by atoms with Gasteiger partial charge < -0.3 is 9.47 Å². The Morgan fingerprint density at radius 3 is 2.41 bits per heavy atom. The Morgan fingerprint density at radius 1 is 1.00 bits per heavy atom. The van der Waals surface area contributed by atoms with Crippen molar-refractivity contribution in [1.82, 2.24) is 9.47 Å². The van der Waals surface area contributed by atoms with Crippen LogP contribution in [-0.2, 0) is 4.79 Å². The Hall–Kier alpha value is -4.43. The lowest BCUT2D eigenvalue weighted by Gasteiger charge is -2.39. The predicted octanol–water partition coefficient (Wildman–Crippen LogP) is 6.09. The van der Waals surface area contributed by atoms with Gasteiger partial charge >= 0.3 is 0 Å². The second-order valence-electron chi connectivity index (χ2n) is 9.93. The summed E-state index contributed by atoms with van der Waals surface area (Å²) in [4.78, 5) is 42.2. The molecule has 2 amide bonds. The quantitative estimate of drug-likeness (QED) is 0.219. The predicted molar refractivity (Wildman–Crippen MR) is 148 cm³/mol. The molecule has 1 unspecified atom stereocenters. The van der Waals surface area contributed by atoms with Crippen LogP contribution in [0.2, 0.25) is 5.02 Å². The van der Waals surface area contributed by atoms with E-state index >= 15 is 0 Å².